The number of ether oxygens (including phenoxy) is 1. The summed E-state index contributed by atoms with van der Waals surface area (Å²) in [6, 6.07) is 7.49. The summed E-state index contributed by atoms with van der Waals surface area (Å²) < 4.78 is 5.20. The van der Waals surface area contributed by atoms with Crippen molar-refractivity contribution in [3.8, 4) is 11.8 Å². The van der Waals surface area contributed by atoms with E-state index in [1.807, 2.05) is 25.1 Å². The molecule has 1 aromatic heterocycles. The Labute approximate surface area is 98.5 Å². The Morgan fingerprint density at radius 1 is 1.47 bits per heavy atom. The summed E-state index contributed by atoms with van der Waals surface area (Å²) in [5.41, 5.74) is 1.97. The molecule has 0 aliphatic heterocycles. The van der Waals surface area contributed by atoms with Gasteiger partial charge in [-0.25, -0.2) is 0 Å². The first-order valence-corrected chi connectivity index (χ1v) is 5.24. The van der Waals surface area contributed by atoms with Gasteiger partial charge in [-0.05, 0) is 24.6 Å². The highest BCUT2D eigenvalue weighted by molar-refractivity contribution is 5.87. The zero-order valence-corrected chi connectivity index (χ0v) is 9.70. The van der Waals surface area contributed by atoms with Crippen LogP contribution in [-0.2, 0) is 6.42 Å². The molecule has 1 N–H and O–H groups in total. The van der Waals surface area contributed by atoms with Crippen LogP contribution in [0.2, 0.25) is 0 Å². The van der Waals surface area contributed by atoms with E-state index in [2.05, 4.69) is 4.98 Å². The molecule has 4 heteroatoms. The van der Waals surface area contributed by atoms with Crippen LogP contribution in [0.1, 0.15) is 11.1 Å². The van der Waals surface area contributed by atoms with Gasteiger partial charge in [0.2, 0.25) is 0 Å². The van der Waals surface area contributed by atoms with E-state index in [4.69, 9.17) is 10.00 Å². The molecule has 0 aliphatic carbocycles. The molecule has 0 atom stereocenters. The maximum Gasteiger partial charge on any atom is 0.252 e. The van der Waals surface area contributed by atoms with Gasteiger partial charge in [0.05, 0.1) is 25.1 Å². The minimum Gasteiger partial charge on any atom is -0.495 e. The second-order valence-corrected chi connectivity index (χ2v) is 3.83. The topological polar surface area (TPSA) is 65.9 Å². The number of nitrogens with zero attached hydrogens (tertiary/aromatic N) is 1. The van der Waals surface area contributed by atoms with Gasteiger partial charge in [0.1, 0.15) is 5.75 Å². The Hall–Kier alpha value is -2.28. The van der Waals surface area contributed by atoms with Crippen molar-refractivity contribution in [3.05, 3.63) is 39.7 Å². The molecule has 0 radical (unpaired) electrons. The lowest BCUT2D eigenvalue weighted by Crippen LogP contribution is -2.12. The molecule has 0 spiro atoms. The van der Waals surface area contributed by atoms with E-state index < -0.39 is 0 Å². The number of nitrogens with one attached hydrogen (secondary N) is 1. The first kappa shape index (κ1) is 11.2. The Morgan fingerprint density at radius 3 is 2.88 bits per heavy atom. The van der Waals surface area contributed by atoms with E-state index >= 15 is 0 Å². The van der Waals surface area contributed by atoms with Crippen LogP contribution in [0.3, 0.4) is 0 Å². The fourth-order valence-electron chi connectivity index (χ4n) is 1.84. The van der Waals surface area contributed by atoms with E-state index in [1.165, 1.54) is 0 Å². The highest BCUT2D eigenvalue weighted by Gasteiger charge is 2.08. The molecule has 0 saturated heterocycles. The Kier molecular flexibility index (Phi) is 2.84. The molecule has 0 bridgehead atoms. The summed E-state index contributed by atoms with van der Waals surface area (Å²) in [7, 11) is 1.56. The number of rotatable bonds is 2. The Morgan fingerprint density at radius 2 is 2.24 bits per heavy atom. The lowest BCUT2D eigenvalue weighted by Gasteiger charge is -2.08. The van der Waals surface area contributed by atoms with Crippen LogP contribution in [-0.4, -0.2) is 12.1 Å². The Bertz CT molecular complexity index is 665. The van der Waals surface area contributed by atoms with Crippen molar-refractivity contribution in [2.45, 2.75) is 13.3 Å². The number of nitriles is 1. The summed E-state index contributed by atoms with van der Waals surface area (Å²) >= 11 is 0. The van der Waals surface area contributed by atoms with Gasteiger partial charge in [0.15, 0.2) is 0 Å². The predicted octanol–water partition coefficient (Wildman–Crippen LogP) is 1.91. The van der Waals surface area contributed by atoms with Crippen LogP contribution in [0.15, 0.2) is 23.0 Å². The lowest BCUT2D eigenvalue weighted by molar-refractivity contribution is 0.418. The summed E-state index contributed by atoms with van der Waals surface area (Å²) in [5.74, 6) is 0.631. The average molecular weight is 228 g/mol. The molecule has 17 heavy (non-hydrogen) atoms. The molecule has 0 amide bonds. The quantitative estimate of drug-likeness (QED) is 0.853. The van der Waals surface area contributed by atoms with Crippen molar-refractivity contribution in [1.82, 2.24) is 4.98 Å². The third kappa shape index (κ3) is 1.87. The van der Waals surface area contributed by atoms with Gasteiger partial charge in [-0.1, -0.05) is 6.07 Å². The third-order valence-corrected chi connectivity index (χ3v) is 2.76. The number of pyridine rings is 1. The molecule has 1 aromatic carbocycles. The number of aromatic amines is 1. The van der Waals surface area contributed by atoms with Crippen molar-refractivity contribution in [2.75, 3.05) is 7.11 Å². The number of methoxy groups -OCH3 is 1. The summed E-state index contributed by atoms with van der Waals surface area (Å²) in [6.07, 6.45) is 0.113. The number of H-pyrrole nitrogens is 1. The van der Waals surface area contributed by atoms with Crippen molar-refractivity contribution in [3.63, 3.8) is 0 Å². The number of hydrogen-bond donors (Lipinski definition) is 1. The number of aryl methyl sites for hydroxylation is 1. The van der Waals surface area contributed by atoms with E-state index in [9.17, 15) is 4.79 Å². The standard InChI is InChI=1S/C13H12N2O2/c1-8-3-4-11(17-2)12-10(8)7-9(5-6-14)13(16)15-12/h3-4,7H,5H2,1-2H3,(H,15,16). The summed E-state index contributed by atoms with van der Waals surface area (Å²) in [4.78, 5) is 14.5. The SMILES string of the molecule is COc1ccc(C)c2cc(CC#N)c(=O)[nH]c12. The van der Waals surface area contributed by atoms with Crippen LogP contribution in [0.4, 0.5) is 0 Å². The van der Waals surface area contributed by atoms with Crippen LogP contribution in [0.25, 0.3) is 10.9 Å². The number of hydrogen-bond acceptors (Lipinski definition) is 3. The Balaban J connectivity index is 2.82. The predicted molar refractivity (Wildman–Crippen MR) is 65.2 cm³/mol. The molecule has 0 aliphatic rings. The van der Waals surface area contributed by atoms with E-state index in [-0.39, 0.29) is 12.0 Å². The lowest BCUT2D eigenvalue weighted by atomic mass is 10.1. The van der Waals surface area contributed by atoms with Gasteiger partial charge in [-0.15, -0.1) is 0 Å². The van der Waals surface area contributed by atoms with Crippen LogP contribution < -0.4 is 10.3 Å². The number of benzene rings is 1. The zero-order chi connectivity index (χ0) is 12.4. The highest BCUT2D eigenvalue weighted by Crippen LogP contribution is 2.25. The van der Waals surface area contributed by atoms with Gasteiger partial charge in [-0.2, -0.15) is 5.26 Å². The minimum absolute atomic E-state index is 0.113. The molecule has 1 heterocycles. The molecular formula is C13H12N2O2. The zero-order valence-electron chi connectivity index (χ0n) is 9.70. The van der Waals surface area contributed by atoms with Crippen molar-refractivity contribution in [1.29, 1.82) is 5.26 Å². The van der Waals surface area contributed by atoms with E-state index in [0.29, 0.717) is 16.8 Å². The summed E-state index contributed by atoms with van der Waals surface area (Å²) in [6.45, 7) is 1.95. The first-order valence-electron chi connectivity index (χ1n) is 5.24. The smallest absolute Gasteiger partial charge is 0.252 e. The molecule has 0 saturated carbocycles. The first-order chi connectivity index (χ1) is 8.17. The van der Waals surface area contributed by atoms with Gasteiger partial charge >= 0.3 is 0 Å². The van der Waals surface area contributed by atoms with Crippen LogP contribution >= 0.6 is 0 Å². The van der Waals surface area contributed by atoms with Crippen molar-refractivity contribution >= 4 is 10.9 Å². The maximum atomic E-state index is 11.7. The number of fused-ring (bicyclic) bond motifs is 1. The normalized spacial score (nSPS) is 10.2. The molecule has 86 valence electrons. The summed E-state index contributed by atoms with van der Waals surface area (Å²) in [5, 5.41) is 9.57. The fourth-order valence-corrected chi connectivity index (χ4v) is 1.84. The van der Waals surface area contributed by atoms with E-state index in [0.717, 1.165) is 10.9 Å². The minimum atomic E-state index is -0.233. The van der Waals surface area contributed by atoms with Crippen LogP contribution in [0, 0.1) is 18.3 Å². The van der Waals surface area contributed by atoms with Crippen molar-refractivity contribution < 1.29 is 4.74 Å². The van der Waals surface area contributed by atoms with Crippen LogP contribution in [0.5, 0.6) is 5.75 Å². The van der Waals surface area contributed by atoms with Gasteiger partial charge in [-0.3, -0.25) is 4.79 Å². The highest BCUT2D eigenvalue weighted by atomic mass is 16.5. The van der Waals surface area contributed by atoms with Gasteiger partial charge < -0.3 is 9.72 Å². The maximum absolute atomic E-state index is 11.7. The molecule has 0 unspecified atom stereocenters. The number of aromatic nitrogens is 1. The molecule has 4 nitrogen and oxygen atoms in total. The fraction of sp³-hybridized carbons (Fsp3) is 0.231. The molecule has 2 rings (SSSR count). The molecule has 0 fully saturated rings. The monoisotopic (exact) mass is 228 g/mol. The van der Waals surface area contributed by atoms with Gasteiger partial charge in [0.25, 0.3) is 5.56 Å². The molecule has 2 aromatic rings. The second-order valence-electron chi connectivity index (χ2n) is 3.83. The molecular weight excluding hydrogens is 216 g/mol. The largest absolute Gasteiger partial charge is 0.495 e. The van der Waals surface area contributed by atoms with Crippen molar-refractivity contribution in [2.24, 2.45) is 0 Å². The van der Waals surface area contributed by atoms with E-state index in [1.54, 1.807) is 13.2 Å². The average Bonchev–Trinajstić information content (AvgIpc) is 2.32. The van der Waals surface area contributed by atoms with Gasteiger partial charge in [0, 0.05) is 10.9 Å². The second kappa shape index (κ2) is 4.30. The third-order valence-electron chi connectivity index (χ3n) is 2.76.